The second-order valence-corrected chi connectivity index (χ2v) is 15.2. The summed E-state index contributed by atoms with van der Waals surface area (Å²) in [6, 6.07) is 2.88. The molecule has 1 aromatic rings. The van der Waals surface area contributed by atoms with E-state index < -0.39 is 29.3 Å². The molecule has 13 heteroatoms. The van der Waals surface area contributed by atoms with E-state index in [1.807, 2.05) is 0 Å². The van der Waals surface area contributed by atoms with Gasteiger partial charge in [0.25, 0.3) is 10.1 Å². The maximum absolute atomic E-state index is 12.0. The van der Waals surface area contributed by atoms with E-state index in [0.29, 0.717) is 25.8 Å². The predicted molar refractivity (Wildman–Crippen MR) is 121 cm³/mol. The molecule has 0 heterocycles. The number of ether oxygens (including phenoxy) is 1. The highest BCUT2D eigenvalue weighted by Gasteiger charge is 2.20. The van der Waals surface area contributed by atoms with E-state index >= 15 is 0 Å². The molecule has 0 radical (unpaired) electrons. The fraction of sp³-hybridized carbons (Fsp3) is 0.529. The molecule has 0 atom stereocenters. The number of benzene rings is 1. The Morgan fingerprint density at radius 1 is 1.13 bits per heavy atom. The van der Waals surface area contributed by atoms with Gasteiger partial charge in [-0.15, -0.1) is 0 Å². The van der Waals surface area contributed by atoms with Crippen LogP contribution in [-0.2, 0) is 23.8 Å². The lowest BCUT2D eigenvalue weighted by atomic mass is 10.2. The Hall–Kier alpha value is -0.956. The summed E-state index contributed by atoms with van der Waals surface area (Å²) in [6.07, 6.45) is 2.16. The van der Waals surface area contributed by atoms with Crippen molar-refractivity contribution in [3.8, 4) is 5.75 Å². The number of amides is 1. The van der Waals surface area contributed by atoms with Crippen LogP contribution in [0, 0.1) is 0 Å². The smallest absolute Gasteiger partial charge is 0.311 e. The van der Waals surface area contributed by atoms with Gasteiger partial charge in [-0.05, 0) is 50.5 Å². The number of nitrogens with one attached hydrogen (secondary N) is 1. The fourth-order valence-electron chi connectivity index (χ4n) is 2.44. The SMILES string of the molecule is C[Si](C)(CCCNC(=O)CCCCC(=O)Oc1c(Cl)cc(S(=O)(=O)O)cc1Cl)O[SiH3]. The van der Waals surface area contributed by atoms with Gasteiger partial charge in [0.1, 0.15) is 10.5 Å². The van der Waals surface area contributed by atoms with E-state index in [9.17, 15) is 18.0 Å². The molecule has 0 spiro atoms. The van der Waals surface area contributed by atoms with Crippen LogP contribution in [0.25, 0.3) is 0 Å². The van der Waals surface area contributed by atoms with Gasteiger partial charge in [0.2, 0.25) is 5.91 Å². The third kappa shape index (κ3) is 9.90. The first-order valence-corrected chi connectivity index (χ1v) is 15.5. The van der Waals surface area contributed by atoms with Crippen molar-refractivity contribution in [2.45, 2.75) is 56.1 Å². The molecule has 8 nitrogen and oxygen atoms in total. The van der Waals surface area contributed by atoms with Crippen molar-refractivity contribution in [1.29, 1.82) is 0 Å². The van der Waals surface area contributed by atoms with E-state index in [0.717, 1.165) is 35.1 Å². The van der Waals surface area contributed by atoms with Crippen molar-refractivity contribution in [3.05, 3.63) is 22.2 Å². The standard InChI is InChI=1S/C17H27Cl2NO7SSi2/c1-30(2,27-29)9-5-8-20-15(21)6-3-4-7-16(22)26-17-13(18)10-12(11-14(17)19)28(23,24)25/h10-11H,3-9H2,1-2,29H3,(H,20,21)(H,23,24,25). The van der Waals surface area contributed by atoms with Gasteiger partial charge < -0.3 is 14.2 Å². The van der Waals surface area contributed by atoms with Crippen LogP contribution in [0.5, 0.6) is 5.75 Å². The fourth-order valence-corrected chi connectivity index (χ4v) is 5.51. The molecular formula is C17H27Cl2NO7SSi2. The summed E-state index contributed by atoms with van der Waals surface area (Å²) in [6.45, 7) is 4.92. The van der Waals surface area contributed by atoms with Crippen LogP contribution >= 0.6 is 23.2 Å². The first-order chi connectivity index (χ1) is 13.9. The number of hydrogen-bond donors (Lipinski definition) is 2. The van der Waals surface area contributed by atoms with Crippen molar-refractivity contribution in [1.82, 2.24) is 5.32 Å². The third-order valence-corrected chi connectivity index (χ3v) is 11.7. The number of unbranched alkanes of at least 4 members (excludes halogenated alkanes) is 1. The Kier molecular flexibility index (Phi) is 11.0. The molecule has 0 fully saturated rings. The van der Waals surface area contributed by atoms with Crippen LogP contribution in [0.1, 0.15) is 32.1 Å². The lowest BCUT2D eigenvalue weighted by molar-refractivity contribution is -0.134. The summed E-state index contributed by atoms with van der Waals surface area (Å²) in [4.78, 5) is 23.3. The predicted octanol–water partition coefficient (Wildman–Crippen LogP) is 2.71. The summed E-state index contributed by atoms with van der Waals surface area (Å²) < 4.78 is 42.0. The van der Waals surface area contributed by atoms with Gasteiger partial charge in [-0.2, -0.15) is 8.42 Å². The lowest BCUT2D eigenvalue weighted by Gasteiger charge is -2.20. The van der Waals surface area contributed by atoms with E-state index in [1.54, 1.807) is 0 Å². The van der Waals surface area contributed by atoms with Crippen LogP contribution in [0.3, 0.4) is 0 Å². The molecule has 0 aromatic heterocycles. The van der Waals surface area contributed by atoms with E-state index in [-0.39, 0.29) is 28.1 Å². The average molecular weight is 517 g/mol. The molecule has 0 unspecified atom stereocenters. The van der Waals surface area contributed by atoms with Crippen LogP contribution in [-0.4, -0.2) is 50.2 Å². The molecule has 1 aromatic carbocycles. The van der Waals surface area contributed by atoms with Crippen molar-refractivity contribution in [3.63, 3.8) is 0 Å². The van der Waals surface area contributed by atoms with E-state index in [1.165, 1.54) is 0 Å². The highest BCUT2D eigenvalue weighted by atomic mass is 35.5. The van der Waals surface area contributed by atoms with Crippen LogP contribution in [0.15, 0.2) is 17.0 Å². The highest BCUT2D eigenvalue weighted by Crippen LogP contribution is 2.35. The van der Waals surface area contributed by atoms with E-state index in [4.69, 9.17) is 36.6 Å². The van der Waals surface area contributed by atoms with Crippen molar-refractivity contribution < 1.29 is 31.4 Å². The summed E-state index contributed by atoms with van der Waals surface area (Å²) in [5.41, 5.74) is 0. The minimum Gasteiger partial charge on any atom is -0.463 e. The molecule has 170 valence electrons. The maximum Gasteiger partial charge on any atom is 0.311 e. The zero-order valence-electron chi connectivity index (χ0n) is 17.2. The van der Waals surface area contributed by atoms with Gasteiger partial charge in [0.15, 0.2) is 14.1 Å². The second-order valence-electron chi connectivity index (χ2n) is 7.29. The van der Waals surface area contributed by atoms with Crippen LogP contribution in [0.4, 0.5) is 0 Å². The van der Waals surface area contributed by atoms with Gasteiger partial charge in [0.05, 0.1) is 14.9 Å². The summed E-state index contributed by atoms with van der Waals surface area (Å²) in [5.74, 6) is -0.866. The Bertz CT molecular complexity index is 843. The van der Waals surface area contributed by atoms with Crippen molar-refractivity contribution >= 4 is 64.0 Å². The molecule has 0 aliphatic rings. The molecule has 0 aliphatic heterocycles. The van der Waals surface area contributed by atoms with Crippen molar-refractivity contribution in [2.24, 2.45) is 0 Å². The van der Waals surface area contributed by atoms with Crippen molar-refractivity contribution in [2.75, 3.05) is 6.54 Å². The Balaban J connectivity index is 2.35. The van der Waals surface area contributed by atoms with E-state index in [2.05, 4.69) is 18.4 Å². The van der Waals surface area contributed by atoms with Gasteiger partial charge in [0, 0.05) is 19.4 Å². The monoisotopic (exact) mass is 515 g/mol. The molecule has 0 aliphatic carbocycles. The second kappa shape index (κ2) is 12.2. The number of halogens is 2. The molecule has 2 N–H and O–H groups in total. The Morgan fingerprint density at radius 3 is 2.23 bits per heavy atom. The largest absolute Gasteiger partial charge is 0.463 e. The van der Waals surface area contributed by atoms with Gasteiger partial charge in [-0.3, -0.25) is 14.1 Å². The first-order valence-electron chi connectivity index (χ1n) is 9.35. The highest BCUT2D eigenvalue weighted by molar-refractivity contribution is 7.85. The van der Waals surface area contributed by atoms with Crippen LogP contribution in [0.2, 0.25) is 29.2 Å². The molecule has 1 rings (SSSR count). The quantitative estimate of drug-likeness (QED) is 0.144. The zero-order valence-corrected chi connectivity index (χ0v) is 22.5. The third-order valence-electron chi connectivity index (χ3n) is 4.35. The molecule has 30 heavy (non-hydrogen) atoms. The van der Waals surface area contributed by atoms with Gasteiger partial charge >= 0.3 is 5.97 Å². The van der Waals surface area contributed by atoms with Gasteiger partial charge in [-0.1, -0.05) is 23.2 Å². The number of hydrogen-bond acceptors (Lipinski definition) is 6. The summed E-state index contributed by atoms with van der Waals surface area (Å²) in [7, 11) is -5.30. The normalized spacial score (nSPS) is 12.0. The Morgan fingerprint density at radius 2 is 1.70 bits per heavy atom. The first kappa shape index (κ1) is 27.1. The number of esters is 1. The molecular weight excluding hydrogens is 489 g/mol. The maximum atomic E-state index is 12.0. The summed E-state index contributed by atoms with van der Waals surface area (Å²) in [5, 5.41) is 2.42. The topological polar surface area (TPSA) is 119 Å². The number of carbonyl (C=O) groups excluding carboxylic acids is 2. The molecule has 0 bridgehead atoms. The average Bonchev–Trinajstić information content (AvgIpc) is 2.64. The molecule has 0 saturated carbocycles. The minimum absolute atomic E-state index is 0.0392. The lowest BCUT2D eigenvalue weighted by Crippen LogP contribution is -2.31. The summed E-state index contributed by atoms with van der Waals surface area (Å²) >= 11 is 11.8. The minimum atomic E-state index is -4.49. The Labute approximate surface area is 191 Å². The van der Waals surface area contributed by atoms with Crippen LogP contribution < -0.4 is 10.1 Å². The zero-order chi connectivity index (χ0) is 22.9. The molecule has 0 saturated heterocycles. The van der Waals surface area contributed by atoms with Gasteiger partial charge in [-0.25, -0.2) is 0 Å². The molecule has 1 amide bonds. The number of rotatable bonds is 12. The number of carbonyl (C=O) groups is 2.